The molecule has 2 heterocycles. The van der Waals surface area contributed by atoms with Gasteiger partial charge in [0.05, 0.1) is 11.6 Å². The fourth-order valence-electron chi connectivity index (χ4n) is 1.96. The molecule has 4 nitrogen and oxygen atoms in total. The minimum atomic E-state index is -4.42. The molecule has 0 radical (unpaired) electrons. The van der Waals surface area contributed by atoms with Crippen LogP contribution in [-0.4, -0.2) is 23.5 Å². The molecule has 2 atom stereocenters. The lowest BCUT2D eigenvalue weighted by atomic mass is 10.1. The maximum absolute atomic E-state index is 12.3. The van der Waals surface area contributed by atoms with Crippen LogP contribution in [0.25, 0.3) is 0 Å². The van der Waals surface area contributed by atoms with E-state index in [1.165, 1.54) is 0 Å². The van der Waals surface area contributed by atoms with Gasteiger partial charge < -0.3 is 10.6 Å². The molecule has 1 aromatic rings. The third-order valence-electron chi connectivity index (χ3n) is 3.01. The zero-order chi connectivity index (χ0) is 14.0. The van der Waals surface area contributed by atoms with E-state index < -0.39 is 11.7 Å². The maximum Gasteiger partial charge on any atom is 0.417 e. The van der Waals surface area contributed by atoms with Gasteiger partial charge in [-0.05, 0) is 31.0 Å². The molecule has 106 valence electrons. The monoisotopic (exact) mass is 275 g/mol. The van der Waals surface area contributed by atoms with E-state index in [1.807, 2.05) is 6.92 Å². The van der Waals surface area contributed by atoms with Gasteiger partial charge in [-0.1, -0.05) is 6.92 Å². The average Bonchev–Trinajstić information content (AvgIpc) is 2.75. The standard InChI is InChI=1S/C12H14F3N3O.H2/c1-7-4-9(16-5-7)11(19)18-10-3-2-8(6-17-10)12(13,14)15;/h2-3,6-7,9,16H,4-5H2,1H3,(H,17,18,19);1H/t7-,9+;/m1./s1. The van der Waals surface area contributed by atoms with Crippen molar-refractivity contribution >= 4 is 11.7 Å². The number of hydrogen-bond acceptors (Lipinski definition) is 3. The summed E-state index contributed by atoms with van der Waals surface area (Å²) in [6, 6.07) is 1.74. The highest BCUT2D eigenvalue weighted by Gasteiger charge is 2.31. The minimum Gasteiger partial charge on any atom is -0.309 e. The molecule has 0 aliphatic carbocycles. The normalized spacial score (nSPS) is 23.4. The number of amides is 1. The van der Waals surface area contributed by atoms with Gasteiger partial charge in [0.1, 0.15) is 5.82 Å². The Morgan fingerprint density at radius 2 is 2.26 bits per heavy atom. The molecule has 0 spiro atoms. The van der Waals surface area contributed by atoms with Crippen molar-refractivity contribution in [3.8, 4) is 0 Å². The fourth-order valence-corrected chi connectivity index (χ4v) is 1.96. The van der Waals surface area contributed by atoms with Gasteiger partial charge in [0.2, 0.25) is 5.91 Å². The lowest BCUT2D eigenvalue weighted by molar-refractivity contribution is -0.137. The highest BCUT2D eigenvalue weighted by atomic mass is 19.4. The first-order chi connectivity index (χ1) is 8.86. The van der Waals surface area contributed by atoms with Crippen molar-refractivity contribution in [2.24, 2.45) is 5.92 Å². The van der Waals surface area contributed by atoms with E-state index in [4.69, 9.17) is 0 Å². The van der Waals surface area contributed by atoms with E-state index in [1.54, 1.807) is 0 Å². The number of anilines is 1. The highest BCUT2D eigenvalue weighted by molar-refractivity contribution is 5.94. The fraction of sp³-hybridized carbons (Fsp3) is 0.500. The Kier molecular flexibility index (Phi) is 3.75. The van der Waals surface area contributed by atoms with Crippen LogP contribution in [0.1, 0.15) is 20.3 Å². The number of carbonyl (C=O) groups is 1. The van der Waals surface area contributed by atoms with E-state index in [2.05, 4.69) is 15.6 Å². The number of halogens is 3. The lowest BCUT2D eigenvalue weighted by Crippen LogP contribution is -2.35. The van der Waals surface area contributed by atoms with E-state index in [0.29, 0.717) is 18.5 Å². The van der Waals surface area contributed by atoms with E-state index in [0.717, 1.165) is 18.7 Å². The molecule has 2 rings (SSSR count). The number of rotatable bonds is 2. The van der Waals surface area contributed by atoms with Gasteiger partial charge in [0, 0.05) is 7.62 Å². The van der Waals surface area contributed by atoms with Crippen molar-refractivity contribution < 1.29 is 19.4 Å². The predicted octanol–water partition coefficient (Wildman–Crippen LogP) is 2.28. The molecule has 1 amide bonds. The van der Waals surface area contributed by atoms with Crippen molar-refractivity contribution in [2.75, 3.05) is 11.9 Å². The van der Waals surface area contributed by atoms with E-state index in [9.17, 15) is 18.0 Å². The van der Waals surface area contributed by atoms with Crippen LogP contribution in [0.2, 0.25) is 0 Å². The molecule has 1 aliphatic rings. The average molecular weight is 275 g/mol. The summed E-state index contributed by atoms with van der Waals surface area (Å²) < 4.78 is 37.0. The van der Waals surface area contributed by atoms with Crippen LogP contribution < -0.4 is 10.6 Å². The van der Waals surface area contributed by atoms with Crippen molar-refractivity contribution in [3.63, 3.8) is 0 Å². The molecule has 0 saturated carbocycles. The Hall–Kier alpha value is -1.63. The second-order valence-electron chi connectivity index (χ2n) is 4.72. The molecular weight excluding hydrogens is 259 g/mol. The molecule has 7 heteroatoms. The summed E-state index contributed by atoms with van der Waals surface area (Å²) in [7, 11) is 0. The summed E-state index contributed by atoms with van der Waals surface area (Å²) in [5.74, 6) is 0.271. The van der Waals surface area contributed by atoms with Crippen molar-refractivity contribution in [1.82, 2.24) is 10.3 Å². The maximum atomic E-state index is 12.3. The van der Waals surface area contributed by atoms with Gasteiger partial charge in [0.15, 0.2) is 0 Å². The minimum absolute atomic E-state index is 0. The summed E-state index contributed by atoms with van der Waals surface area (Å²) in [6.07, 6.45) is -3.00. The van der Waals surface area contributed by atoms with Gasteiger partial charge in [-0.15, -0.1) is 0 Å². The van der Waals surface area contributed by atoms with E-state index >= 15 is 0 Å². The Bertz CT molecular complexity index is 464. The Labute approximate surface area is 109 Å². The zero-order valence-electron chi connectivity index (χ0n) is 10.3. The first-order valence-electron chi connectivity index (χ1n) is 5.94. The van der Waals surface area contributed by atoms with Crippen LogP contribution in [0.5, 0.6) is 0 Å². The molecule has 2 N–H and O–H groups in total. The van der Waals surface area contributed by atoms with Crippen LogP contribution >= 0.6 is 0 Å². The Morgan fingerprint density at radius 3 is 2.74 bits per heavy atom. The largest absolute Gasteiger partial charge is 0.417 e. The van der Waals surface area contributed by atoms with Crippen LogP contribution in [0.4, 0.5) is 19.0 Å². The molecule has 1 aliphatic heterocycles. The molecule has 1 saturated heterocycles. The molecule has 19 heavy (non-hydrogen) atoms. The second-order valence-corrected chi connectivity index (χ2v) is 4.72. The lowest BCUT2D eigenvalue weighted by Gasteiger charge is -2.11. The number of alkyl halides is 3. The van der Waals surface area contributed by atoms with E-state index in [-0.39, 0.29) is 19.2 Å². The van der Waals surface area contributed by atoms with Gasteiger partial charge in [-0.2, -0.15) is 13.2 Å². The van der Waals surface area contributed by atoms with Crippen molar-refractivity contribution in [2.45, 2.75) is 25.6 Å². The first kappa shape index (κ1) is 13.8. The number of pyridine rings is 1. The third kappa shape index (κ3) is 3.44. The summed E-state index contributed by atoms with van der Waals surface area (Å²) in [6.45, 7) is 2.79. The summed E-state index contributed by atoms with van der Waals surface area (Å²) >= 11 is 0. The van der Waals surface area contributed by atoms with Gasteiger partial charge in [-0.25, -0.2) is 4.98 Å². The van der Waals surface area contributed by atoms with Crippen LogP contribution in [0, 0.1) is 5.92 Å². The van der Waals surface area contributed by atoms with Gasteiger partial charge in [0.25, 0.3) is 0 Å². The number of carbonyl (C=O) groups excluding carboxylic acids is 1. The predicted molar refractivity (Wildman–Crippen MR) is 65.6 cm³/mol. The third-order valence-corrected chi connectivity index (χ3v) is 3.01. The highest BCUT2D eigenvalue weighted by Crippen LogP contribution is 2.28. The zero-order valence-corrected chi connectivity index (χ0v) is 10.3. The first-order valence-corrected chi connectivity index (χ1v) is 5.94. The van der Waals surface area contributed by atoms with Crippen LogP contribution in [-0.2, 0) is 11.0 Å². The van der Waals surface area contributed by atoms with Crippen LogP contribution in [0.3, 0.4) is 0 Å². The molecule has 0 aromatic carbocycles. The quantitative estimate of drug-likeness (QED) is 0.870. The molecule has 0 unspecified atom stereocenters. The van der Waals surface area contributed by atoms with Crippen molar-refractivity contribution in [1.29, 1.82) is 0 Å². The SMILES string of the molecule is C[C@H]1CN[C@H](C(=O)Nc2ccc(C(F)(F)F)cn2)C1.[HH]. The van der Waals surface area contributed by atoms with Crippen molar-refractivity contribution in [3.05, 3.63) is 23.9 Å². The topological polar surface area (TPSA) is 54.0 Å². The summed E-state index contributed by atoms with van der Waals surface area (Å²) in [4.78, 5) is 15.4. The van der Waals surface area contributed by atoms with Gasteiger partial charge >= 0.3 is 6.18 Å². The molecule has 1 aromatic heterocycles. The molecule has 0 bridgehead atoms. The van der Waals surface area contributed by atoms with Crippen LogP contribution in [0.15, 0.2) is 18.3 Å². The molecule has 1 fully saturated rings. The second kappa shape index (κ2) is 5.16. The summed E-state index contributed by atoms with van der Waals surface area (Å²) in [5.41, 5.74) is -0.835. The van der Waals surface area contributed by atoms with Gasteiger partial charge in [-0.3, -0.25) is 4.79 Å². The number of nitrogens with zero attached hydrogens (tertiary/aromatic N) is 1. The number of hydrogen-bond donors (Lipinski definition) is 2. The number of aromatic nitrogens is 1. The smallest absolute Gasteiger partial charge is 0.309 e. The molecular formula is C12H16F3N3O. The Morgan fingerprint density at radius 1 is 1.53 bits per heavy atom. The number of nitrogens with one attached hydrogen (secondary N) is 2. The Balaban J connectivity index is 0.00000200. The summed E-state index contributed by atoms with van der Waals surface area (Å²) in [5, 5.41) is 5.55.